The maximum atomic E-state index is 11.9. The summed E-state index contributed by atoms with van der Waals surface area (Å²) in [5.41, 5.74) is 3.78. The lowest BCUT2D eigenvalue weighted by Crippen LogP contribution is -2.19. The number of carbonyl (C=O) groups excluding carboxylic acids is 1. The molecule has 8 heteroatoms. The molecule has 0 bridgehead atoms. The molecule has 130 valence electrons. The average Bonchev–Trinajstić information content (AvgIpc) is 2.66. The fraction of sp³-hybridized carbons (Fsp3) is 0.0556. The van der Waals surface area contributed by atoms with Crippen LogP contribution in [0.3, 0.4) is 0 Å². The van der Waals surface area contributed by atoms with E-state index in [9.17, 15) is 14.9 Å². The van der Waals surface area contributed by atoms with Gasteiger partial charge in [0, 0.05) is 23.1 Å². The number of nitro groups is 1. The van der Waals surface area contributed by atoms with Crippen molar-refractivity contribution in [3.63, 3.8) is 0 Å². The lowest BCUT2D eigenvalue weighted by molar-refractivity contribution is -0.384. The maximum absolute atomic E-state index is 11.9. The molecular formula is C18H14N4O3S. The highest BCUT2D eigenvalue weighted by atomic mass is 32.2. The van der Waals surface area contributed by atoms with Gasteiger partial charge in [-0.3, -0.25) is 14.9 Å². The van der Waals surface area contributed by atoms with E-state index in [1.165, 1.54) is 30.1 Å². The summed E-state index contributed by atoms with van der Waals surface area (Å²) >= 11 is 1.31. The Morgan fingerprint density at radius 1 is 1.19 bits per heavy atom. The van der Waals surface area contributed by atoms with Gasteiger partial charge in [-0.25, -0.2) is 10.4 Å². The molecule has 1 N–H and O–H groups in total. The summed E-state index contributed by atoms with van der Waals surface area (Å²) in [7, 11) is 0. The minimum absolute atomic E-state index is 0.0294. The maximum Gasteiger partial charge on any atom is 0.270 e. The van der Waals surface area contributed by atoms with Gasteiger partial charge in [0.2, 0.25) is 5.91 Å². The molecule has 0 fully saturated rings. The number of benzene rings is 2. The molecule has 0 saturated carbocycles. The van der Waals surface area contributed by atoms with Crippen LogP contribution in [0, 0.1) is 10.1 Å². The third kappa shape index (κ3) is 4.64. The summed E-state index contributed by atoms with van der Waals surface area (Å²) in [6, 6.07) is 17.6. The standard InChI is InChI=1S/C18H14N4O3S/c23-17(21-19-11-13-4-3-6-15(10-13)22(24)25)12-26-18-9-8-14-5-1-2-7-16(14)20-18/h1-11H,12H2,(H,21,23)/b19-11+. The van der Waals surface area contributed by atoms with E-state index >= 15 is 0 Å². The number of nitrogens with zero attached hydrogens (tertiary/aromatic N) is 3. The zero-order valence-corrected chi connectivity index (χ0v) is 14.3. The second-order valence-electron chi connectivity index (χ2n) is 5.28. The molecule has 0 aliphatic rings. The van der Waals surface area contributed by atoms with E-state index in [-0.39, 0.29) is 17.3 Å². The predicted octanol–water partition coefficient (Wildman–Crippen LogP) is 3.39. The van der Waals surface area contributed by atoms with E-state index in [0.29, 0.717) is 5.56 Å². The SMILES string of the molecule is O=C(CSc1ccc2ccccc2n1)N/N=C/c1cccc([N+](=O)[O-])c1. The minimum atomic E-state index is -0.483. The number of hydrogen-bond donors (Lipinski definition) is 1. The van der Waals surface area contributed by atoms with Crippen LogP contribution in [0.4, 0.5) is 5.69 Å². The van der Waals surface area contributed by atoms with E-state index in [0.717, 1.165) is 15.9 Å². The highest BCUT2D eigenvalue weighted by Crippen LogP contribution is 2.19. The van der Waals surface area contributed by atoms with E-state index in [2.05, 4.69) is 15.5 Å². The largest absolute Gasteiger partial charge is 0.272 e. The van der Waals surface area contributed by atoms with Gasteiger partial charge in [-0.2, -0.15) is 5.10 Å². The van der Waals surface area contributed by atoms with Gasteiger partial charge in [-0.15, -0.1) is 0 Å². The lowest BCUT2D eigenvalue weighted by atomic mass is 10.2. The fourth-order valence-electron chi connectivity index (χ4n) is 2.20. The molecule has 0 atom stereocenters. The Morgan fingerprint density at radius 2 is 2.04 bits per heavy atom. The van der Waals surface area contributed by atoms with Crippen molar-refractivity contribution >= 4 is 40.5 Å². The molecule has 1 amide bonds. The van der Waals surface area contributed by atoms with Crippen molar-refractivity contribution in [1.82, 2.24) is 10.4 Å². The van der Waals surface area contributed by atoms with Crippen LogP contribution in [-0.2, 0) is 4.79 Å². The second-order valence-corrected chi connectivity index (χ2v) is 6.27. The summed E-state index contributed by atoms with van der Waals surface area (Å²) in [5.74, 6) is -0.121. The number of fused-ring (bicyclic) bond motifs is 1. The van der Waals surface area contributed by atoms with E-state index in [1.807, 2.05) is 36.4 Å². The van der Waals surface area contributed by atoms with Crippen molar-refractivity contribution in [3.8, 4) is 0 Å². The molecule has 0 radical (unpaired) electrons. The van der Waals surface area contributed by atoms with Gasteiger partial charge in [-0.1, -0.05) is 48.2 Å². The highest BCUT2D eigenvalue weighted by molar-refractivity contribution is 7.99. The van der Waals surface area contributed by atoms with Crippen molar-refractivity contribution in [2.24, 2.45) is 5.10 Å². The van der Waals surface area contributed by atoms with Crippen LogP contribution in [-0.4, -0.2) is 27.8 Å². The number of amides is 1. The van der Waals surface area contributed by atoms with Crippen molar-refractivity contribution in [1.29, 1.82) is 0 Å². The van der Waals surface area contributed by atoms with Gasteiger partial charge < -0.3 is 0 Å². The van der Waals surface area contributed by atoms with Gasteiger partial charge in [-0.05, 0) is 12.1 Å². The molecule has 3 aromatic rings. The molecule has 0 aliphatic heterocycles. The molecule has 1 aromatic heterocycles. The number of thioether (sulfide) groups is 1. The van der Waals surface area contributed by atoms with E-state index < -0.39 is 4.92 Å². The van der Waals surface area contributed by atoms with Crippen LogP contribution in [0.1, 0.15) is 5.56 Å². The zero-order chi connectivity index (χ0) is 18.4. The Balaban J connectivity index is 1.53. The summed E-state index contributed by atoms with van der Waals surface area (Å²) in [4.78, 5) is 26.6. The van der Waals surface area contributed by atoms with E-state index in [4.69, 9.17) is 0 Å². The first-order valence-electron chi connectivity index (χ1n) is 7.67. The zero-order valence-electron chi connectivity index (χ0n) is 13.5. The van der Waals surface area contributed by atoms with Gasteiger partial charge in [0.15, 0.2) is 0 Å². The van der Waals surface area contributed by atoms with Crippen LogP contribution < -0.4 is 5.43 Å². The molecule has 0 spiro atoms. The topological polar surface area (TPSA) is 97.5 Å². The molecule has 2 aromatic carbocycles. The van der Waals surface area contributed by atoms with Crippen molar-refractivity contribution in [2.75, 3.05) is 5.75 Å². The molecule has 7 nitrogen and oxygen atoms in total. The lowest BCUT2D eigenvalue weighted by Gasteiger charge is -2.02. The van der Waals surface area contributed by atoms with Crippen LogP contribution in [0.5, 0.6) is 0 Å². The quantitative estimate of drug-likeness (QED) is 0.312. The Hall–Kier alpha value is -3.26. The third-order valence-corrected chi connectivity index (χ3v) is 4.34. The van der Waals surface area contributed by atoms with Gasteiger partial charge in [0.1, 0.15) is 0 Å². The number of hydrazone groups is 1. The first kappa shape index (κ1) is 17.6. The molecule has 0 aliphatic carbocycles. The molecule has 1 heterocycles. The summed E-state index contributed by atoms with van der Waals surface area (Å²) in [5, 5.41) is 16.3. The van der Waals surface area contributed by atoms with Crippen LogP contribution in [0.25, 0.3) is 10.9 Å². The number of nitro benzene ring substituents is 1. The molecule has 3 rings (SSSR count). The number of para-hydroxylation sites is 1. The summed E-state index contributed by atoms with van der Waals surface area (Å²) < 4.78 is 0. The number of aromatic nitrogens is 1. The predicted molar refractivity (Wildman–Crippen MR) is 101 cm³/mol. The van der Waals surface area contributed by atoms with Gasteiger partial charge >= 0.3 is 0 Å². The number of nitrogens with one attached hydrogen (secondary N) is 1. The van der Waals surface area contributed by atoms with Crippen molar-refractivity contribution in [3.05, 3.63) is 76.3 Å². The first-order valence-corrected chi connectivity index (χ1v) is 8.65. The average molecular weight is 366 g/mol. The van der Waals surface area contributed by atoms with Crippen LogP contribution >= 0.6 is 11.8 Å². The smallest absolute Gasteiger partial charge is 0.270 e. The number of pyridine rings is 1. The van der Waals surface area contributed by atoms with Crippen molar-refractivity contribution in [2.45, 2.75) is 5.03 Å². The Kier molecular flexibility index (Phi) is 5.55. The summed E-state index contributed by atoms with van der Waals surface area (Å²) in [6.45, 7) is 0. The second kappa shape index (κ2) is 8.21. The molecule has 0 saturated heterocycles. The molecular weight excluding hydrogens is 352 g/mol. The Labute approximate surface area is 153 Å². The minimum Gasteiger partial charge on any atom is -0.272 e. The third-order valence-electron chi connectivity index (χ3n) is 3.41. The number of non-ortho nitro benzene ring substituents is 1. The van der Waals surface area contributed by atoms with Gasteiger partial charge in [0.05, 0.1) is 27.4 Å². The van der Waals surface area contributed by atoms with Crippen molar-refractivity contribution < 1.29 is 9.72 Å². The molecule has 26 heavy (non-hydrogen) atoms. The van der Waals surface area contributed by atoms with Crippen LogP contribution in [0.2, 0.25) is 0 Å². The van der Waals surface area contributed by atoms with Crippen LogP contribution in [0.15, 0.2) is 70.8 Å². The van der Waals surface area contributed by atoms with Gasteiger partial charge in [0.25, 0.3) is 5.69 Å². The Bertz CT molecular complexity index is 991. The normalized spacial score (nSPS) is 10.9. The Morgan fingerprint density at radius 3 is 2.88 bits per heavy atom. The number of rotatable bonds is 6. The summed E-state index contributed by atoms with van der Waals surface area (Å²) in [6.07, 6.45) is 1.36. The first-order chi connectivity index (χ1) is 12.6. The fourth-order valence-corrected chi connectivity index (χ4v) is 2.87. The monoisotopic (exact) mass is 366 g/mol. The molecule has 0 unspecified atom stereocenters. The highest BCUT2D eigenvalue weighted by Gasteiger charge is 2.05. The van der Waals surface area contributed by atoms with E-state index in [1.54, 1.807) is 12.1 Å². The number of hydrogen-bond acceptors (Lipinski definition) is 6. The number of carbonyl (C=O) groups is 1.